The molecule has 6 heteroatoms. The molecule has 6 nitrogen and oxygen atoms in total. The fraction of sp³-hybridized carbons (Fsp3) is 0.600. The Kier molecular flexibility index (Phi) is 4.67. The van der Waals surface area contributed by atoms with Crippen molar-refractivity contribution in [1.82, 2.24) is 19.9 Å². The first kappa shape index (κ1) is 14.3. The monoisotopic (exact) mass is 289 g/mol. The van der Waals surface area contributed by atoms with Crippen molar-refractivity contribution in [1.29, 1.82) is 0 Å². The first-order valence-corrected chi connectivity index (χ1v) is 7.70. The van der Waals surface area contributed by atoms with E-state index >= 15 is 0 Å². The Morgan fingerprint density at radius 2 is 2.29 bits per heavy atom. The van der Waals surface area contributed by atoms with E-state index in [1.54, 1.807) is 4.52 Å². The number of nitrogens with zero attached hydrogens (tertiary/aromatic N) is 3. The van der Waals surface area contributed by atoms with E-state index in [1.807, 2.05) is 18.3 Å². The maximum Gasteiger partial charge on any atom is 0.243 e. The third kappa shape index (κ3) is 3.92. The number of fused-ring (bicyclic) bond motifs is 1. The average molecular weight is 289 g/mol. The molecular formula is C15H23N5O. The Morgan fingerprint density at radius 3 is 3.14 bits per heavy atom. The maximum atomic E-state index is 5.87. The van der Waals surface area contributed by atoms with Gasteiger partial charge in [-0.2, -0.15) is 4.98 Å². The van der Waals surface area contributed by atoms with E-state index < -0.39 is 0 Å². The molecule has 2 aromatic heterocycles. The van der Waals surface area contributed by atoms with Gasteiger partial charge in [0, 0.05) is 19.3 Å². The second kappa shape index (κ2) is 6.87. The molecule has 114 valence electrons. The molecule has 0 bridgehead atoms. The number of hydrogen-bond acceptors (Lipinski definition) is 5. The fourth-order valence-electron chi connectivity index (χ4n) is 2.54. The summed E-state index contributed by atoms with van der Waals surface area (Å²) >= 11 is 0. The maximum absolute atomic E-state index is 5.87. The van der Waals surface area contributed by atoms with Gasteiger partial charge in [-0.15, -0.1) is 5.10 Å². The predicted octanol–water partition coefficient (Wildman–Crippen LogP) is 1.61. The van der Waals surface area contributed by atoms with Gasteiger partial charge < -0.3 is 15.4 Å². The first-order chi connectivity index (χ1) is 10.3. The lowest BCUT2D eigenvalue weighted by Gasteiger charge is -2.22. The lowest BCUT2D eigenvalue weighted by Crippen LogP contribution is -2.32. The van der Waals surface area contributed by atoms with E-state index in [9.17, 15) is 0 Å². The zero-order valence-corrected chi connectivity index (χ0v) is 12.5. The number of anilines is 1. The summed E-state index contributed by atoms with van der Waals surface area (Å²) in [6, 6.07) is 4.05. The van der Waals surface area contributed by atoms with Crippen LogP contribution in [-0.2, 0) is 4.74 Å². The second-order valence-electron chi connectivity index (χ2n) is 5.54. The number of piperidine rings is 1. The normalized spacial score (nSPS) is 16.4. The van der Waals surface area contributed by atoms with Crippen LogP contribution in [-0.4, -0.2) is 46.9 Å². The van der Waals surface area contributed by atoms with Gasteiger partial charge in [-0.1, -0.05) is 0 Å². The molecular weight excluding hydrogens is 266 g/mol. The van der Waals surface area contributed by atoms with Crippen molar-refractivity contribution in [3.05, 3.63) is 23.9 Å². The third-order valence-corrected chi connectivity index (χ3v) is 3.74. The molecule has 1 aliphatic heterocycles. The Bertz CT molecular complexity index is 576. The van der Waals surface area contributed by atoms with Crippen LogP contribution in [0.2, 0.25) is 0 Å². The van der Waals surface area contributed by atoms with Gasteiger partial charge in [-0.25, -0.2) is 4.52 Å². The summed E-state index contributed by atoms with van der Waals surface area (Å²) in [5.41, 5.74) is 2.07. The van der Waals surface area contributed by atoms with Gasteiger partial charge in [0.05, 0.1) is 6.10 Å². The highest BCUT2D eigenvalue weighted by molar-refractivity contribution is 5.45. The highest BCUT2D eigenvalue weighted by Crippen LogP contribution is 2.09. The van der Waals surface area contributed by atoms with E-state index in [0.29, 0.717) is 12.1 Å². The summed E-state index contributed by atoms with van der Waals surface area (Å²) in [6.45, 7) is 5.84. The Balaban J connectivity index is 1.40. The van der Waals surface area contributed by atoms with E-state index in [-0.39, 0.29) is 0 Å². The van der Waals surface area contributed by atoms with E-state index in [0.717, 1.165) is 51.2 Å². The van der Waals surface area contributed by atoms with Crippen molar-refractivity contribution in [2.45, 2.75) is 32.3 Å². The molecule has 0 saturated carbocycles. The van der Waals surface area contributed by atoms with Crippen LogP contribution in [0, 0.1) is 6.92 Å². The lowest BCUT2D eigenvalue weighted by atomic mass is 10.1. The van der Waals surface area contributed by atoms with Crippen LogP contribution < -0.4 is 10.6 Å². The summed E-state index contributed by atoms with van der Waals surface area (Å²) in [7, 11) is 0. The van der Waals surface area contributed by atoms with Crippen molar-refractivity contribution in [2.24, 2.45) is 0 Å². The highest BCUT2D eigenvalue weighted by Gasteiger charge is 2.12. The number of hydrogen-bond donors (Lipinski definition) is 2. The van der Waals surface area contributed by atoms with E-state index in [4.69, 9.17) is 4.74 Å². The SMILES string of the molecule is Cc1ccn2nc(NCCCOC3CCNCC3)nc2c1. The van der Waals surface area contributed by atoms with Gasteiger partial charge in [-0.3, -0.25) is 0 Å². The topological polar surface area (TPSA) is 63.5 Å². The summed E-state index contributed by atoms with van der Waals surface area (Å²) < 4.78 is 7.66. The molecule has 1 saturated heterocycles. The van der Waals surface area contributed by atoms with Crippen molar-refractivity contribution < 1.29 is 4.74 Å². The number of pyridine rings is 1. The molecule has 0 amide bonds. The minimum absolute atomic E-state index is 0.433. The molecule has 21 heavy (non-hydrogen) atoms. The van der Waals surface area contributed by atoms with Gasteiger partial charge in [0.25, 0.3) is 0 Å². The Morgan fingerprint density at radius 1 is 1.43 bits per heavy atom. The van der Waals surface area contributed by atoms with Gasteiger partial charge in [0.2, 0.25) is 5.95 Å². The standard InChI is InChI=1S/C15H23N5O/c1-12-5-9-20-14(11-12)18-15(19-20)17-6-2-10-21-13-3-7-16-8-4-13/h5,9,11,13,16H,2-4,6-8,10H2,1H3,(H,17,19). The summed E-state index contributed by atoms with van der Waals surface area (Å²) in [6.07, 6.45) is 5.59. The van der Waals surface area contributed by atoms with Crippen LogP contribution in [0.5, 0.6) is 0 Å². The molecule has 1 aliphatic rings. The molecule has 0 radical (unpaired) electrons. The molecule has 3 heterocycles. The van der Waals surface area contributed by atoms with Gasteiger partial charge in [0.1, 0.15) is 0 Å². The molecule has 0 aliphatic carbocycles. The quantitative estimate of drug-likeness (QED) is 0.791. The largest absolute Gasteiger partial charge is 0.378 e. The van der Waals surface area contributed by atoms with Crippen LogP contribution in [0.25, 0.3) is 5.65 Å². The molecule has 1 fully saturated rings. The molecule has 2 aromatic rings. The smallest absolute Gasteiger partial charge is 0.243 e. The minimum atomic E-state index is 0.433. The zero-order chi connectivity index (χ0) is 14.5. The molecule has 0 unspecified atom stereocenters. The van der Waals surface area contributed by atoms with Gasteiger partial charge in [-0.05, 0) is 57.0 Å². The van der Waals surface area contributed by atoms with E-state index in [2.05, 4.69) is 27.6 Å². The number of aryl methyl sites for hydroxylation is 1. The molecule has 0 atom stereocenters. The Hall–Kier alpha value is -1.66. The number of aromatic nitrogens is 3. The van der Waals surface area contributed by atoms with Crippen molar-refractivity contribution in [3.63, 3.8) is 0 Å². The van der Waals surface area contributed by atoms with E-state index in [1.165, 1.54) is 5.56 Å². The number of ether oxygens (including phenoxy) is 1. The van der Waals surface area contributed by atoms with Crippen molar-refractivity contribution in [3.8, 4) is 0 Å². The van der Waals surface area contributed by atoms with Crippen LogP contribution in [0.15, 0.2) is 18.3 Å². The lowest BCUT2D eigenvalue weighted by molar-refractivity contribution is 0.0329. The fourth-order valence-corrected chi connectivity index (χ4v) is 2.54. The van der Waals surface area contributed by atoms with Gasteiger partial charge >= 0.3 is 0 Å². The molecule has 2 N–H and O–H groups in total. The van der Waals surface area contributed by atoms with Crippen LogP contribution in [0.4, 0.5) is 5.95 Å². The predicted molar refractivity (Wildman–Crippen MR) is 82.7 cm³/mol. The summed E-state index contributed by atoms with van der Waals surface area (Å²) in [5.74, 6) is 0.683. The van der Waals surface area contributed by atoms with Crippen LogP contribution >= 0.6 is 0 Å². The second-order valence-corrected chi connectivity index (χ2v) is 5.54. The number of rotatable bonds is 6. The Labute approximate surface area is 124 Å². The van der Waals surface area contributed by atoms with Crippen LogP contribution in [0.3, 0.4) is 0 Å². The summed E-state index contributed by atoms with van der Waals surface area (Å²) in [4.78, 5) is 4.45. The summed E-state index contributed by atoms with van der Waals surface area (Å²) in [5, 5.41) is 11.0. The van der Waals surface area contributed by atoms with Crippen molar-refractivity contribution >= 4 is 11.6 Å². The first-order valence-electron chi connectivity index (χ1n) is 7.70. The van der Waals surface area contributed by atoms with Crippen molar-refractivity contribution in [2.75, 3.05) is 31.6 Å². The minimum Gasteiger partial charge on any atom is -0.378 e. The third-order valence-electron chi connectivity index (χ3n) is 3.74. The van der Waals surface area contributed by atoms with Gasteiger partial charge in [0.15, 0.2) is 5.65 Å². The highest BCUT2D eigenvalue weighted by atomic mass is 16.5. The molecule has 0 aromatic carbocycles. The molecule has 0 spiro atoms. The molecule has 3 rings (SSSR count). The number of nitrogens with one attached hydrogen (secondary N) is 2. The van der Waals surface area contributed by atoms with Crippen LogP contribution in [0.1, 0.15) is 24.8 Å². The zero-order valence-electron chi connectivity index (χ0n) is 12.5. The average Bonchev–Trinajstić information content (AvgIpc) is 2.90.